The minimum Gasteiger partial charge on any atom is -0.397 e. The summed E-state index contributed by atoms with van der Waals surface area (Å²) >= 11 is 0. The predicted molar refractivity (Wildman–Crippen MR) is 67.0 cm³/mol. The van der Waals surface area contributed by atoms with Gasteiger partial charge in [-0.15, -0.1) is 0 Å². The normalized spacial score (nSPS) is 10.6. The minimum atomic E-state index is -0.172. The molecule has 0 saturated carbocycles. The van der Waals surface area contributed by atoms with E-state index >= 15 is 0 Å². The number of anilines is 1. The molecule has 3 N–H and O–H groups in total. The zero-order valence-corrected chi connectivity index (χ0v) is 10.7. The first-order chi connectivity index (χ1) is 8.49. The van der Waals surface area contributed by atoms with Crippen molar-refractivity contribution in [1.29, 1.82) is 0 Å². The van der Waals surface area contributed by atoms with Gasteiger partial charge in [-0.05, 0) is 19.9 Å². The fourth-order valence-electron chi connectivity index (χ4n) is 1.83. The molecule has 0 spiro atoms. The van der Waals surface area contributed by atoms with Crippen molar-refractivity contribution in [3.8, 4) is 0 Å². The Morgan fingerprint density at radius 2 is 2.28 bits per heavy atom. The number of carbonyl (C=O) groups is 1. The van der Waals surface area contributed by atoms with Crippen LogP contribution in [0.2, 0.25) is 0 Å². The summed E-state index contributed by atoms with van der Waals surface area (Å²) in [6.07, 6.45) is 1.70. The second-order valence-corrected chi connectivity index (χ2v) is 4.25. The molecule has 0 aliphatic rings. The molecule has 2 aromatic rings. The molecule has 0 aliphatic heterocycles. The third-order valence-electron chi connectivity index (χ3n) is 2.87. The summed E-state index contributed by atoms with van der Waals surface area (Å²) in [5.41, 5.74) is 8.43. The van der Waals surface area contributed by atoms with Gasteiger partial charge in [0.05, 0.1) is 11.4 Å². The van der Waals surface area contributed by atoms with E-state index in [1.54, 1.807) is 23.9 Å². The molecule has 0 aromatic carbocycles. The van der Waals surface area contributed by atoms with Crippen LogP contribution in [0.5, 0.6) is 0 Å². The van der Waals surface area contributed by atoms with Crippen molar-refractivity contribution in [2.75, 3.05) is 5.73 Å². The Balaban J connectivity index is 2.07. The number of nitrogens with two attached hydrogens (primary N) is 1. The fraction of sp³-hybridized carbons (Fsp3) is 0.333. The topological polar surface area (TPSA) is 86.1 Å². The molecule has 2 rings (SSSR count). The van der Waals surface area contributed by atoms with Crippen LogP contribution in [0.3, 0.4) is 0 Å². The maximum atomic E-state index is 12.0. The third-order valence-corrected chi connectivity index (χ3v) is 2.87. The Bertz CT molecular complexity index is 563. The van der Waals surface area contributed by atoms with E-state index in [0.717, 1.165) is 17.0 Å². The number of hydrogen-bond acceptors (Lipinski definition) is 4. The Morgan fingerprint density at radius 3 is 2.78 bits per heavy atom. The van der Waals surface area contributed by atoms with Crippen molar-refractivity contribution in [2.45, 2.75) is 20.4 Å². The van der Waals surface area contributed by atoms with Crippen molar-refractivity contribution in [1.82, 2.24) is 15.0 Å². The van der Waals surface area contributed by atoms with E-state index in [-0.39, 0.29) is 5.91 Å². The molecule has 18 heavy (non-hydrogen) atoms. The van der Waals surface area contributed by atoms with Crippen LogP contribution in [0.25, 0.3) is 0 Å². The van der Waals surface area contributed by atoms with Crippen LogP contribution < -0.4 is 11.1 Å². The lowest BCUT2D eigenvalue weighted by molar-refractivity contribution is 0.0942. The molecule has 0 saturated heterocycles. The van der Waals surface area contributed by atoms with Gasteiger partial charge >= 0.3 is 0 Å². The number of carbonyl (C=O) groups excluding carboxylic acids is 1. The maximum Gasteiger partial charge on any atom is 0.268 e. The van der Waals surface area contributed by atoms with Gasteiger partial charge in [0, 0.05) is 25.4 Å². The molecule has 0 aliphatic carbocycles. The van der Waals surface area contributed by atoms with Crippen molar-refractivity contribution in [3.63, 3.8) is 0 Å². The van der Waals surface area contributed by atoms with Crippen LogP contribution >= 0.6 is 0 Å². The number of aromatic nitrogens is 2. The van der Waals surface area contributed by atoms with Gasteiger partial charge in [0.1, 0.15) is 11.5 Å². The van der Waals surface area contributed by atoms with Gasteiger partial charge < -0.3 is 20.1 Å². The predicted octanol–water partition coefficient (Wildman–Crippen LogP) is 1.14. The first kappa shape index (κ1) is 12.2. The van der Waals surface area contributed by atoms with Crippen LogP contribution in [-0.2, 0) is 13.6 Å². The van der Waals surface area contributed by atoms with Crippen LogP contribution in [-0.4, -0.2) is 15.6 Å². The Hall–Kier alpha value is -2.24. The summed E-state index contributed by atoms with van der Waals surface area (Å²) < 4.78 is 6.73. The first-order valence-corrected chi connectivity index (χ1v) is 5.61. The monoisotopic (exact) mass is 248 g/mol. The lowest BCUT2D eigenvalue weighted by atomic mass is 10.2. The Morgan fingerprint density at radius 1 is 1.56 bits per heavy atom. The highest BCUT2D eigenvalue weighted by Crippen LogP contribution is 2.13. The van der Waals surface area contributed by atoms with Crippen molar-refractivity contribution < 1.29 is 9.32 Å². The van der Waals surface area contributed by atoms with E-state index in [2.05, 4.69) is 10.5 Å². The first-order valence-electron chi connectivity index (χ1n) is 5.61. The minimum absolute atomic E-state index is 0.172. The largest absolute Gasteiger partial charge is 0.397 e. The number of nitrogen functional groups attached to an aromatic ring is 1. The number of rotatable bonds is 3. The average molecular weight is 248 g/mol. The molecule has 96 valence electrons. The molecule has 0 bridgehead atoms. The summed E-state index contributed by atoms with van der Waals surface area (Å²) in [5.74, 6) is 0.549. The summed E-state index contributed by atoms with van der Waals surface area (Å²) in [6.45, 7) is 4.06. The van der Waals surface area contributed by atoms with E-state index in [1.165, 1.54) is 0 Å². The molecule has 2 aromatic heterocycles. The third kappa shape index (κ3) is 2.22. The maximum absolute atomic E-state index is 12.0. The van der Waals surface area contributed by atoms with E-state index in [4.69, 9.17) is 10.3 Å². The smallest absolute Gasteiger partial charge is 0.268 e. The van der Waals surface area contributed by atoms with Crippen LogP contribution in [0.4, 0.5) is 5.69 Å². The number of nitrogens with zero attached hydrogens (tertiary/aromatic N) is 2. The highest BCUT2D eigenvalue weighted by Gasteiger charge is 2.13. The lowest BCUT2D eigenvalue weighted by Crippen LogP contribution is -2.25. The zero-order chi connectivity index (χ0) is 13.3. The van der Waals surface area contributed by atoms with Crippen LogP contribution in [0.15, 0.2) is 16.8 Å². The molecular formula is C12H16N4O2. The van der Waals surface area contributed by atoms with Gasteiger partial charge in [-0.25, -0.2) is 0 Å². The van der Waals surface area contributed by atoms with Gasteiger partial charge in [-0.2, -0.15) is 0 Å². The highest BCUT2D eigenvalue weighted by atomic mass is 16.5. The number of aryl methyl sites for hydroxylation is 3. The zero-order valence-electron chi connectivity index (χ0n) is 10.7. The SMILES string of the molecule is Cc1noc(C)c1CNC(=O)c1cc(N)cn1C. The van der Waals surface area contributed by atoms with Gasteiger partial charge in [-0.1, -0.05) is 5.16 Å². The van der Waals surface area contributed by atoms with E-state index in [0.29, 0.717) is 17.9 Å². The number of amides is 1. The molecule has 0 radical (unpaired) electrons. The standard InChI is InChI=1S/C12H16N4O2/c1-7-10(8(2)18-15-7)5-14-12(17)11-4-9(13)6-16(11)3/h4,6H,5,13H2,1-3H3,(H,14,17). The van der Waals surface area contributed by atoms with Crippen molar-refractivity contribution in [3.05, 3.63) is 35.0 Å². The number of nitrogens with one attached hydrogen (secondary N) is 1. The van der Waals surface area contributed by atoms with Crippen LogP contribution in [0.1, 0.15) is 27.5 Å². The molecule has 0 unspecified atom stereocenters. The second-order valence-electron chi connectivity index (χ2n) is 4.25. The fourth-order valence-corrected chi connectivity index (χ4v) is 1.83. The van der Waals surface area contributed by atoms with Gasteiger partial charge in [0.2, 0.25) is 0 Å². The van der Waals surface area contributed by atoms with E-state index in [9.17, 15) is 4.79 Å². The van der Waals surface area contributed by atoms with Crippen LogP contribution in [0, 0.1) is 13.8 Å². The van der Waals surface area contributed by atoms with E-state index < -0.39 is 0 Å². The van der Waals surface area contributed by atoms with Gasteiger partial charge in [-0.3, -0.25) is 4.79 Å². The van der Waals surface area contributed by atoms with E-state index in [1.807, 2.05) is 13.8 Å². The molecular weight excluding hydrogens is 232 g/mol. The van der Waals surface area contributed by atoms with Gasteiger partial charge in [0.25, 0.3) is 5.91 Å². The lowest BCUT2D eigenvalue weighted by Gasteiger charge is -2.05. The molecule has 6 heteroatoms. The summed E-state index contributed by atoms with van der Waals surface area (Å²) in [6, 6.07) is 1.64. The molecule has 1 amide bonds. The summed E-state index contributed by atoms with van der Waals surface area (Å²) in [5, 5.41) is 6.66. The molecule has 0 fully saturated rings. The molecule has 0 atom stereocenters. The van der Waals surface area contributed by atoms with Gasteiger partial charge in [0.15, 0.2) is 0 Å². The second kappa shape index (κ2) is 4.56. The molecule has 2 heterocycles. The highest BCUT2D eigenvalue weighted by molar-refractivity contribution is 5.93. The van der Waals surface area contributed by atoms with Crippen molar-refractivity contribution >= 4 is 11.6 Å². The van der Waals surface area contributed by atoms with Crippen molar-refractivity contribution in [2.24, 2.45) is 7.05 Å². The summed E-state index contributed by atoms with van der Waals surface area (Å²) in [4.78, 5) is 12.0. The average Bonchev–Trinajstić information content (AvgIpc) is 2.80. The quantitative estimate of drug-likeness (QED) is 0.852. The summed E-state index contributed by atoms with van der Waals surface area (Å²) in [7, 11) is 1.78. The Labute approximate surface area is 105 Å². The molecule has 6 nitrogen and oxygen atoms in total. The Kier molecular flexibility index (Phi) is 3.10. The number of hydrogen-bond donors (Lipinski definition) is 2.